The first-order valence-corrected chi connectivity index (χ1v) is 7.70. The molecule has 0 bridgehead atoms. The van der Waals surface area contributed by atoms with Gasteiger partial charge < -0.3 is 10.1 Å². The summed E-state index contributed by atoms with van der Waals surface area (Å²) >= 11 is 1.58. The maximum atomic E-state index is 13.3. The summed E-state index contributed by atoms with van der Waals surface area (Å²) in [6.45, 7) is -0.0834. The third-order valence-electron chi connectivity index (χ3n) is 3.27. The molecule has 0 unspecified atom stereocenters. The van der Waals surface area contributed by atoms with Crippen molar-refractivity contribution < 1.29 is 18.3 Å². The van der Waals surface area contributed by atoms with E-state index in [0.717, 1.165) is 37.8 Å². The summed E-state index contributed by atoms with van der Waals surface area (Å²) in [5.41, 5.74) is 0.109. The van der Waals surface area contributed by atoms with Crippen LogP contribution in [0.15, 0.2) is 12.1 Å². The lowest BCUT2D eigenvalue weighted by Gasteiger charge is -2.21. The Morgan fingerprint density at radius 1 is 1.25 bits per heavy atom. The molecule has 1 aliphatic rings. The van der Waals surface area contributed by atoms with Gasteiger partial charge in [-0.3, -0.25) is 4.79 Å². The van der Waals surface area contributed by atoms with Gasteiger partial charge in [0.1, 0.15) is 18.2 Å². The number of anilines is 1. The summed E-state index contributed by atoms with van der Waals surface area (Å²) in [5.74, 6) is -1.77. The topological polar surface area (TPSA) is 38.3 Å². The molecule has 20 heavy (non-hydrogen) atoms. The second-order valence-corrected chi connectivity index (χ2v) is 5.95. The Labute approximate surface area is 130 Å². The predicted molar refractivity (Wildman–Crippen MR) is 80.5 cm³/mol. The highest BCUT2D eigenvalue weighted by atomic mass is 127. The van der Waals surface area contributed by atoms with Crippen molar-refractivity contribution in [3.63, 3.8) is 0 Å². The highest BCUT2D eigenvalue weighted by Gasteiger charge is 2.16. The largest absolute Gasteiger partial charge is 0.368 e. The zero-order valence-corrected chi connectivity index (χ0v) is 13.1. The molecule has 110 valence electrons. The SMILES string of the molecule is O=C(COC1CCCCC1)Nc1cc(F)c(I)c(F)c1. The molecule has 0 spiro atoms. The molecule has 0 saturated heterocycles. The third kappa shape index (κ3) is 4.37. The van der Waals surface area contributed by atoms with Crippen molar-refractivity contribution in [2.75, 3.05) is 11.9 Å². The summed E-state index contributed by atoms with van der Waals surface area (Å²) in [7, 11) is 0. The number of hydrogen-bond acceptors (Lipinski definition) is 2. The van der Waals surface area contributed by atoms with E-state index in [-0.39, 0.29) is 22.0 Å². The molecule has 1 saturated carbocycles. The Bertz CT molecular complexity index is 467. The molecule has 2 rings (SSSR count). The van der Waals surface area contributed by atoms with Crippen LogP contribution in [0, 0.1) is 15.2 Å². The van der Waals surface area contributed by atoms with E-state index in [2.05, 4.69) is 5.32 Å². The van der Waals surface area contributed by atoms with Crippen molar-refractivity contribution in [3.05, 3.63) is 27.3 Å². The standard InChI is InChI=1S/C14H16F2INO2/c15-11-6-9(7-12(16)14(11)17)18-13(19)8-20-10-4-2-1-3-5-10/h6-7,10H,1-5,8H2,(H,18,19). The van der Waals surface area contributed by atoms with E-state index in [1.807, 2.05) is 0 Å². The fourth-order valence-electron chi connectivity index (χ4n) is 2.25. The first-order valence-electron chi connectivity index (χ1n) is 6.62. The molecule has 3 nitrogen and oxygen atoms in total. The van der Waals surface area contributed by atoms with E-state index in [9.17, 15) is 13.6 Å². The minimum Gasteiger partial charge on any atom is -0.368 e. The van der Waals surface area contributed by atoms with Crippen LogP contribution >= 0.6 is 22.6 Å². The van der Waals surface area contributed by atoms with Gasteiger partial charge in [0.2, 0.25) is 5.91 Å². The lowest BCUT2D eigenvalue weighted by atomic mass is 9.98. The van der Waals surface area contributed by atoms with Gasteiger partial charge in [-0.05, 0) is 47.6 Å². The molecule has 0 atom stereocenters. The van der Waals surface area contributed by atoms with Crippen LogP contribution in [0.5, 0.6) is 0 Å². The number of hydrogen-bond donors (Lipinski definition) is 1. The Morgan fingerprint density at radius 2 is 1.85 bits per heavy atom. The monoisotopic (exact) mass is 395 g/mol. The number of nitrogens with one attached hydrogen (secondary N) is 1. The molecule has 1 aliphatic carbocycles. The fourth-order valence-corrected chi connectivity index (χ4v) is 2.56. The molecule has 1 aromatic rings. The lowest BCUT2D eigenvalue weighted by Crippen LogP contribution is -2.24. The van der Waals surface area contributed by atoms with Crippen LogP contribution in [0.2, 0.25) is 0 Å². The Hall–Kier alpha value is -0.760. The van der Waals surface area contributed by atoms with Gasteiger partial charge in [-0.25, -0.2) is 8.78 Å². The number of ether oxygens (including phenoxy) is 1. The number of halogens is 3. The van der Waals surface area contributed by atoms with Crippen molar-refractivity contribution in [1.82, 2.24) is 0 Å². The van der Waals surface area contributed by atoms with E-state index in [1.165, 1.54) is 6.42 Å². The molecule has 1 amide bonds. The van der Waals surface area contributed by atoms with Crippen LogP contribution in [0.3, 0.4) is 0 Å². The molecular weight excluding hydrogens is 379 g/mol. The zero-order valence-electron chi connectivity index (χ0n) is 10.9. The molecule has 1 fully saturated rings. The second kappa shape index (κ2) is 7.31. The summed E-state index contributed by atoms with van der Waals surface area (Å²) in [6, 6.07) is 2.20. The Balaban J connectivity index is 1.84. The van der Waals surface area contributed by atoms with E-state index < -0.39 is 17.5 Å². The summed E-state index contributed by atoms with van der Waals surface area (Å²) < 4.78 is 32.1. The highest BCUT2D eigenvalue weighted by molar-refractivity contribution is 14.1. The molecule has 1 N–H and O–H groups in total. The van der Waals surface area contributed by atoms with E-state index >= 15 is 0 Å². The van der Waals surface area contributed by atoms with Gasteiger partial charge in [0.15, 0.2) is 0 Å². The van der Waals surface area contributed by atoms with Crippen molar-refractivity contribution in [2.24, 2.45) is 0 Å². The molecule has 0 radical (unpaired) electrons. The maximum Gasteiger partial charge on any atom is 0.250 e. The van der Waals surface area contributed by atoms with Crippen molar-refractivity contribution in [3.8, 4) is 0 Å². The number of carbonyl (C=O) groups is 1. The van der Waals surface area contributed by atoms with E-state index in [4.69, 9.17) is 4.74 Å². The van der Waals surface area contributed by atoms with E-state index in [1.54, 1.807) is 22.6 Å². The van der Waals surface area contributed by atoms with Crippen LogP contribution in [0.1, 0.15) is 32.1 Å². The predicted octanol–water partition coefficient (Wildman–Crippen LogP) is 3.86. The van der Waals surface area contributed by atoms with Crippen LogP contribution < -0.4 is 5.32 Å². The van der Waals surface area contributed by atoms with Gasteiger partial charge in [-0.15, -0.1) is 0 Å². The molecular formula is C14H16F2INO2. The van der Waals surface area contributed by atoms with Gasteiger partial charge in [0.25, 0.3) is 0 Å². The average molecular weight is 395 g/mol. The smallest absolute Gasteiger partial charge is 0.250 e. The first kappa shape index (κ1) is 15.6. The van der Waals surface area contributed by atoms with Crippen LogP contribution in [0.25, 0.3) is 0 Å². The second-order valence-electron chi connectivity index (χ2n) is 4.87. The Kier molecular flexibility index (Phi) is 5.71. The maximum absolute atomic E-state index is 13.3. The number of carbonyl (C=O) groups excluding carboxylic acids is 1. The third-order valence-corrected chi connectivity index (χ3v) is 4.30. The summed E-state index contributed by atoms with van der Waals surface area (Å²) in [4.78, 5) is 11.7. The van der Waals surface area contributed by atoms with Crippen LogP contribution in [-0.2, 0) is 9.53 Å². The zero-order chi connectivity index (χ0) is 14.5. The minimum atomic E-state index is -0.686. The van der Waals surface area contributed by atoms with Crippen LogP contribution in [-0.4, -0.2) is 18.6 Å². The fraction of sp³-hybridized carbons (Fsp3) is 0.500. The average Bonchev–Trinajstić information content (AvgIpc) is 2.43. The van der Waals surface area contributed by atoms with Crippen LogP contribution in [0.4, 0.5) is 14.5 Å². The molecule has 0 aromatic heterocycles. The number of rotatable bonds is 4. The summed E-state index contributed by atoms with van der Waals surface area (Å²) in [5, 5.41) is 2.44. The van der Waals surface area contributed by atoms with Crippen molar-refractivity contribution in [2.45, 2.75) is 38.2 Å². The molecule has 0 aliphatic heterocycles. The molecule has 1 aromatic carbocycles. The highest BCUT2D eigenvalue weighted by Crippen LogP contribution is 2.21. The van der Waals surface area contributed by atoms with Crippen molar-refractivity contribution >= 4 is 34.2 Å². The Morgan fingerprint density at radius 3 is 2.45 bits per heavy atom. The quantitative estimate of drug-likeness (QED) is 0.621. The minimum absolute atomic E-state index is 0.0834. The van der Waals surface area contributed by atoms with Gasteiger partial charge in [0.05, 0.1) is 9.67 Å². The van der Waals surface area contributed by atoms with Gasteiger partial charge >= 0.3 is 0 Å². The lowest BCUT2D eigenvalue weighted by molar-refractivity contribution is -0.123. The number of amides is 1. The molecule has 6 heteroatoms. The van der Waals surface area contributed by atoms with Gasteiger partial charge in [0, 0.05) is 5.69 Å². The molecule has 0 heterocycles. The van der Waals surface area contributed by atoms with E-state index in [0.29, 0.717) is 0 Å². The number of benzene rings is 1. The van der Waals surface area contributed by atoms with Crippen molar-refractivity contribution in [1.29, 1.82) is 0 Å². The van der Waals surface area contributed by atoms with Gasteiger partial charge in [-0.1, -0.05) is 19.3 Å². The van der Waals surface area contributed by atoms with Gasteiger partial charge in [-0.2, -0.15) is 0 Å². The first-order chi connectivity index (χ1) is 9.56. The summed E-state index contributed by atoms with van der Waals surface area (Å²) in [6.07, 6.45) is 5.53. The normalized spacial score (nSPS) is 16.1.